The predicted octanol–water partition coefficient (Wildman–Crippen LogP) is 4.98. The first kappa shape index (κ1) is 18.3. The highest BCUT2D eigenvalue weighted by atomic mass is 19.1. The molecule has 2 atom stereocenters. The second-order valence-corrected chi connectivity index (χ2v) is 6.93. The summed E-state index contributed by atoms with van der Waals surface area (Å²) in [6.07, 6.45) is 0. The van der Waals surface area contributed by atoms with Crippen LogP contribution in [-0.4, -0.2) is 10.9 Å². The lowest BCUT2D eigenvalue weighted by Gasteiger charge is -2.31. The van der Waals surface area contributed by atoms with E-state index in [9.17, 15) is 18.7 Å². The summed E-state index contributed by atoms with van der Waals surface area (Å²) in [5.41, 5.74) is -1.08. The Morgan fingerprint density at radius 1 is 0.821 bits per heavy atom. The number of benzene rings is 3. The van der Waals surface area contributed by atoms with Crippen LogP contribution < -0.4 is 0 Å². The van der Waals surface area contributed by atoms with Crippen LogP contribution in [0.1, 0.15) is 23.6 Å². The number of hydrogen-bond acceptors (Lipinski definition) is 2. The van der Waals surface area contributed by atoms with E-state index in [1.807, 2.05) is 0 Å². The molecule has 0 unspecified atom stereocenters. The summed E-state index contributed by atoms with van der Waals surface area (Å²) >= 11 is 0. The zero-order chi connectivity index (χ0) is 19.9. The lowest BCUT2D eigenvalue weighted by Crippen LogP contribution is -2.35. The second-order valence-electron chi connectivity index (χ2n) is 6.93. The van der Waals surface area contributed by atoms with Gasteiger partial charge in [-0.3, -0.25) is 4.79 Å². The molecule has 0 heterocycles. The van der Waals surface area contributed by atoms with Crippen LogP contribution in [0.2, 0.25) is 0 Å². The quantitative estimate of drug-likeness (QED) is 0.700. The third-order valence-electron chi connectivity index (χ3n) is 5.39. The smallest absolute Gasteiger partial charge is 0.170 e. The van der Waals surface area contributed by atoms with Gasteiger partial charge in [0.15, 0.2) is 5.78 Å². The lowest BCUT2D eigenvalue weighted by molar-refractivity contribution is -0.121. The van der Waals surface area contributed by atoms with Crippen LogP contribution in [0, 0.1) is 17.6 Å². The van der Waals surface area contributed by atoms with Crippen molar-refractivity contribution in [1.29, 1.82) is 0 Å². The van der Waals surface area contributed by atoms with E-state index in [1.165, 1.54) is 36.4 Å². The second kappa shape index (κ2) is 6.80. The Morgan fingerprint density at radius 3 is 2.04 bits per heavy atom. The third kappa shape index (κ3) is 2.60. The van der Waals surface area contributed by atoms with E-state index in [2.05, 4.69) is 0 Å². The van der Waals surface area contributed by atoms with Gasteiger partial charge in [0.2, 0.25) is 0 Å². The molecule has 1 N–H and O–H groups in total. The maximum Gasteiger partial charge on any atom is 0.170 e. The molecule has 0 aromatic heterocycles. The van der Waals surface area contributed by atoms with Crippen molar-refractivity contribution in [3.05, 3.63) is 107 Å². The van der Waals surface area contributed by atoms with Crippen molar-refractivity contribution >= 4 is 16.9 Å². The van der Waals surface area contributed by atoms with Crippen molar-refractivity contribution in [2.45, 2.75) is 12.5 Å². The van der Waals surface area contributed by atoms with Gasteiger partial charge in [0.05, 0.1) is 5.92 Å². The molecule has 0 saturated heterocycles. The molecule has 1 aliphatic rings. The summed E-state index contributed by atoms with van der Waals surface area (Å²) in [5.74, 6) is -2.56. The van der Waals surface area contributed by atoms with Gasteiger partial charge >= 0.3 is 0 Å². The van der Waals surface area contributed by atoms with Crippen LogP contribution >= 0.6 is 0 Å². The number of hydrogen-bond donors (Lipinski definition) is 1. The maximum absolute atomic E-state index is 14.8. The van der Waals surface area contributed by atoms with Gasteiger partial charge in [0.1, 0.15) is 17.2 Å². The van der Waals surface area contributed by atoms with Crippen LogP contribution in [0.25, 0.3) is 11.1 Å². The SMILES string of the molecule is C[C@H]1C(=O)C(c2ccccc2)=C(c2ccccc2F)[C@@]1(O)c1ccccc1F. The Morgan fingerprint density at radius 2 is 1.39 bits per heavy atom. The molecule has 0 saturated carbocycles. The lowest BCUT2D eigenvalue weighted by atomic mass is 9.77. The number of rotatable bonds is 3. The Balaban J connectivity index is 2.12. The number of ketones is 1. The molecule has 3 aromatic carbocycles. The van der Waals surface area contributed by atoms with E-state index in [0.717, 1.165) is 0 Å². The monoisotopic (exact) mass is 376 g/mol. The molecule has 28 heavy (non-hydrogen) atoms. The van der Waals surface area contributed by atoms with Crippen molar-refractivity contribution in [3.8, 4) is 0 Å². The third-order valence-corrected chi connectivity index (χ3v) is 5.39. The molecule has 1 aliphatic carbocycles. The van der Waals surface area contributed by atoms with Gasteiger partial charge < -0.3 is 5.11 Å². The first-order chi connectivity index (χ1) is 13.5. The maximum atomic E-state index is 14.8. The van der Waals surface area contributed by atoms with Gasteiger partial charge in [-0.2, -0.15) is 0 Å². The van der Waals surface area contributed by atoms with Crippen LogP contribution in [0.4, 0.5) is 8.78 Å². The van der Waals surface area contributed by atoms with Crippen LogP contribution in [0.5, 0.6) is 0 Å². The number of carbonyl (C=O) groups excluding carboxylic acids is 1. The van der Waals surface area contributed by atoms with Gasteiger partial charge in [-0.25, -0.2) is 8.78 Å². The van der Waals surface area contributed by atoms with Crippen molar-refractivity contribution < 1.29 is 18.7 Å². The first-order valence-electron chi connectivity index (χ1n) is 9.03. The van der Waals surface area contributed by atoms with Crippen LogP contribution in [0.3, 0.4) is 0 Å². The van der Waals surface area contributed by atoms with Crippen LogP contribution in [0.15, 0.2) is 78.9 Å². The largest absolute Gasteiger partial charge is 0.379 e. The minimum Gasteiger partial charge on any atom is -0.379 e. The van der Waals surface area contributed by atoms with Crippen molar-refractivity contribution in [2.24, 2.45) is 5.92 Å². The molecule has 0 aliphatic heterocycles. The molecule has 0 amide bonds. The molecular weight excluding hydrogens is 358 g/mol. The molecule has 4 heteroatoms. The number of carbonyl (C=O) groups is 1. The van der Waals surface area contributed by atoms with Crippen molar-refractivity contribution in [2.75, 3.05) is 0 Å². The number of aliphatic hydroxyl groups is 1. The Labute approximate surface area is 161 Å². The van der Waals surface area contributed by atoms with Crippen LogP contribution in [-0.2, 0) is 10.4 Å². The fourth-order valence-corrected chi connectivity index (χ4v) is 3.97. The molecule has 0 radical (unpaired) electrons. The average Bonchev–Trinajstić information content (AvgIpc) is 2.91. The normalized spacial score (nSPS) is 22.0. The van der Waals surface area contributed by atoms with E-state index in [-0.39, 0.29) is 28.1 Å². The topological polar surface area (TPSA) is 37.3 Å². The molecule has 0 spiro atoms. The summed E-state index contributed by atoms with van der Waals surface area (Å²) in [6.45, 7) is 1.55. The molecular formula is C24H18F2O2. The minimum absolute atomic E-state index is 0.0416. The summed E-state index contributed by atoms with van der Waals surface area (Å²) in [4.78, 5) is 13.2. The van der Waals surface area contributed by atoms with E-state index in [4.69, 9.17) is 0 Å². The summed E-state index contributed by atoms with van der Waals surface area (Å²) < 4.78 is 29.5. The molecule has 3 aromatic rings. The number of allylic oxidation sites excluding steroid dienone is 1. The van der Waals surface area contributed by atoms with Gasteiger partial charge in [0, 0.05) is 22.3 Å². The minimum atomic E-state index is -1.99. The highest BCUT2D eigenvalue weighted by Gasteiger charge is 2.53. The Kier molecular flexibility index (Phi) is 4.44. The zero-order valence-electron chi connectivity index (χ0n) is 15.2. The number of Topliss-reactive ketones (excluding diaryl/α,β-unsaturated/α-hetero) is 1. The fraction of sp³-hybridized carbons (Fsp3) is 0.125. The van der Waals surface area contributed by atoms with E-state index in [0.29, 0.717) is 5.56 Å². The summed E-state index contributed by atoms with van der Waals surface area (Å²) in [5, 5.41) is 11.8. The highest BCUT2D eigenvalue weighted by Crippen LogP contribution is 2.53. The van der Waals surface area contributed by atoms with E-state index < -0.39 is 23.2 Å². The summed E-state index contributed by atoms with van der Waals surface area (Å²) in [7, 11) is 0. The summed E-state index contributed by atoms with van der Waals surface area (Å²) in [6, 6.07) is 20.5. The Hall–Kier alpha value is -3.11. The highest BCUT2D eigenvalue weighted by molar-refractivity contribution is 6.33. The first-order valence-corrected chi connectivity index (χ1v) is 9.03. The van der Waals surface area contributed by atoms with Gasteiger partial charge in [-0.05, 0) is 17.7 Å². The standard InChI is InChI=1S/C24H18F2O2/c1-15-23(27)21(16-9-3-2-4-10-16)22(17-11-5-7-13-19(17)25)24(15,28)18-12-6-8-14-20(18)26/h2-15,28H,1H3/t15-,24-/m0/s1. The van der Waals surface area contributed by atoms with Crippen molar-refractivity contribution in [3.63, 3.8) is 0 Å². The van der Waals surface area contributed by atoms with E-state index >= 15 is 0 Å². The Bertz CT molecular complexity index is 1090. The molecule has 4 rings (SSSR count). The average molecular weight is 376 g/mol. The molecule has 0 fully saturated rings. The van der Waals surface area contributed by atoms with Gasteiger partial charge in [-0.15, -0.1) is 0 Å². The fourth-order valence-electron chi connectivity index (χ4n) is 3.97. The van der Waals surface area contributed by atoms with Crippen molar-refractivity contribution in [1.82, 2.24) is 0 Å². The predicted molar refractivity (Wildman–Crippen MR) is 104 cm³/mol. The van der Waals surface area contributed by atoms with E-state index in [1.54, 1.807) is 49.4 Å². The molecule has 2 nitrogen and oxygen atoms in total. The molecule has 140 valence electrons. The number of halogens is 2. The van der Waals surface area contributed by atoms with Gasteiger partial charge in [0.25, 0.3) is 0 Å². The van der Waals surface area contributed by atoms with Gasteiger partial charge in [-0.1, -0.05) is 73.7 Å². The zero-order valence-corrected chi connectivity index (χ0v) is 15.2. The molecule has 0 bridgehead atoms.